The van der Waals surface area contributed by atoms with Gasteiger partial charge in [0, 0.05) is 10.9 Å². The maximum atomic E-state index is 5.50. The van der Waals surface area contributed by atoms with Crippen LogP contribution in [0.25, 0.3) is 0 Å². The summed E-state index contributed by atoms with van der Waals surface area (Å²) < 4.78 is 0. The van der Waals surface area contributed by atoms with Crippen molar-refractivity contribution in [1.82, 2.24) is 15.0 Å². The number of rotatable bonds is 5. The quantitative estimate of drug-likeness (QED) is 0.865. The van der Waals surface area contributed by atoms with E-state index in [-0.39, 0.29) is 5.95 Å². The van der Waals surface area contributed by atoms with Crippen LogP contribution < -0.4 is 11.1 Å². The zero-order valence-corrected chi connectivity index (χ0v) is 11.4. The van der Waals surface area contributed by atoms with Gasteiger partial charge in [0.15, 0.2) is 0 Å². The molecule has 0 aromatic carbocycles. The van der Waals surface area contributed by atoms with E-state index < -0.39 is 0 Å². The number of hydrogen-bond acceptors (Lipinski definition) is 6. The molecule has 2 heterocycles. The zero-order chi connectivity index (χ0) is 13.0. The van der Waals surface area contributed by atoms with Crippen LogP contribution in [0, 0.1) is 6.92 Å². The van der Waals surface area contributed by atoms with Crippen LogP contribution in [0.4, 0.5) is 11.9 Å². The van der Waals surface area contributed by atoms with Crippen LogP contribution in [0.3, 0.4) is 0 Å². The molecule has 1 atom stereocenters. The van der Waals surface area contributed by atoms with E-state index in [4.69, 9.17) is 5.73 Å². The molecule has 0 aliphatic rings. The third kappa shape index (κ3) is 3.40. The van der Waals surface area contributed by atoms with Gasteiger partial charge in [0.1, 0.15) is 6.33 Å². The van der Waals surface area contributed by atoms with Crippen molar-refractivity contribution < 1.29 is 0 Å². The number of aryl methyl sites for hydroxylation is 2. The van der Waals surface area contributed by atoms with E-state index >= 15 is 0 Å². The Kier molecular flexibility index (Phi) is 4.09. The summed E-state index contributed by atoms with van der Waals surface area (Å²) in [4.78, 5) is 13.3. The van der Waals surface area contributed by atoms with Crippen molar-refractivity contribution in [2.75, 3.05) is 11.1 Å². The Morgan fingerprint density at radius 1 is 1.44 bits per heavy atom. The number of thiophene rings is 1. The minimum absolute atomic E-state index is 0.244. The molecule has 1 unspecified atom stereocenters. The molecule has 2 aromatic rings. The molecule has 2 aromatic heterocycles. The van der Waals surface area contributed by atoms with Gasteiger partial charge in [0.2, 0.25) is 11.9 Å². The van der Waals surface area contributed by atoms with Crippen molar-refractivity contribution in [2.24, 2.45) is 0 Å². The minimum Gasteiger partial charge on any atom is -0.368 e. The standard InChI is InChI=1S/C12H17N5S/c1-8-5-6-18-10(8)4-3-9(2)16-12-15-7-14-11(13)17-12/h5-7,9H,3-4H2,1-2H3,(H3,13,14,15,16,17). The van der Waals surface area contributed by atoms with Crippen LogP contribution in [-0.2, 0) is 6.42 Å². The molecule has 0 aliphatic heterocycles. The molecule has 5 nitrogen and oxygen atoms in total. The van der Waals surface area contributed by atoms with Gasteiger partial charge in [-0.1, -0.05) is 0 Å². The van der Waals surface area contributed by atoms with Gasteiger partial charge in [-0.25, -0.2) is 9.97 Å². The van der Waals surface area contributed by atoms with Crippen molar-refractivity contribution in [1.29, 1.82) is 0 Å². The summed E-state index contributed by atoms with van der Waals surface area (Å²) in [6.45, 7) is 4.26. The van der Waals surface area contributed by atoms with Crippen molar-refractivity contribution in [3.8, 4) is 0 Å². The molecule has 0 saturated carbocycles. The van der Waals surface area contributed by atoms with Gasteiger partial charge in [0.25, 0.3) is 0 Å². The Labute approximate surface area is 111 Å². The number of nitrogen functional groups attached to an aromatic ring is 1. The predicted octanol–water partition coefficient (Wildman–Crippen LogP) is 2.26. The van der Waals surface area contributed by atoms with Crippen molar-refractivity contribution in [3.05, 3.63) is 28.2 Å². The van der Waals surface area contributed by atoms with Crippen LogP contribution in [0.5, 0.6) is 0 Å². The fourth-order valence-corrected chi connectivity index (χ4v) is 2.60. The van der Waals surface area contributed by atoms with Crippen molar-refractivity contribution in [3.63, 3.8) is 0 Å². The lowest BCUT2D eigenvalue weighted by Gasteiger charge is -2.13. The molecule has 96 valence electrons. The van der Waals surface area contributed by atoms with Gasteiger partial charge in [0.05, 0.1) is 0 Å². The van der Waals surface area contributed by atoms with Gasteiger partial charge in [-0.05, 0) is 43.7 Å². The van der Waals surface area contributed by atoms with Crippen LogP contribution in [0.1, 0.15) is 23.8 Å². The molecular weight excluding hydrogens is 246 g/mol. The Morgan fingerprint density at radius 2 is 2.28 bits per heavy atom. The van der Waals surface area contributed by atoms with Crippen molar-refractivity contribution in [2.45, 2.75) is 32.7 Å². The molecule has 0 amide bonds. The van der Waals surface area contributed by atoms with Crippen LogP contribution in [0.15, 0.2) is 17.8 Å². The minimum atomic E-state index is 0.244. The molecule has 0 saturated heterocycles. The number of nitrogens with one attached hydrogen (secondary N) is 1. The van der Waals surface area contributed by atoms with E-state index in [2.05, 4.69) is 45.6 Å². The summed E-state index contributed by atoms with van der Waals surface area (Å²) in [6, 6.07) is 2.46. The largest absolute Gasteiger partial charge is 0.368 e. The fourth-order valence-electron chi connectivity index (χ4n) is 1.68. The monoisotopic (exact) mass is 263 g/mol. The van der Waals surface area contributed by atoms with E-state index in [9.17, 15) is 0 Å². The summed E-state index contributed by atoms with van der Waals surface area (Å²) in [5.74, 6) is 0.784. The average molecular weight is 263 g/mol. The highest BCUT2D eigenvalue weighted by atomic mass is 32.1. The fraction of sp³-hybridized carbons (Fsp3) is 0.417. The van der Waals surface area contributed by atoms with E-state index in [1.54, 1.807) is 0 Å². The first-order valence-corrected chi connectivity index (χ1v) is 6.77. The summed E-state index contributed by atoms with van der Waals surface area (Å²) in [5, 5.41) is 5.36. The molecule has 2 rings (SSSR count). The molecule has 18 heavy (non-hydrogen) atoms. The lowest BCUT2D eigenvalue weighted by Crippen LogP contribution is -2.18. The Hall–Kier alpha value is -1.69. The summed E-state index contributed by atoms with van der Waals surface area (Å²) in [6.07, 6.45) is 3.52. The second-order valence-electron chi connectivity index (χ2n) is 4.28. The zero-order valence-electron chi connectivity index (χ0n) is 10.6. The molecule has 0 aliphatic carbocycles. The van der Waals surface area contributed by atoms with E-state index in [1.807, 2.05) is 11.3 Å². The van der Waals surface area contributed by atoms with Gasteiger partial charge < -0.3 is 11.1 Å². The second-order valence-corrected chi connectivity index (χ2v) is 5.28. The number of nitrogens with zero attached hydrogens (tertiary/aromatic N) is 3. The first kappa shape index (κ1) is 12.8. The van der Waals surface area contributed by atoms with E-state index in [0.717, 1.165) is 12.8 Å². The molecule has 6 heteroatoms. The second kappa shape index (κ2) is 5.77. The highest BCUT2D eigenvalue weighted by Crippen LogP contribution is 2.18. The molecule has 3 N–H and O–H groups in total. The van der Waals surface area contributed by atoms with E-state index in [0.29, 0.717) is 12.0 Å². The normalized spacial score (nSPS) is 12.3. The molecule has 0 fully saturated rings. The van der Waals surface area contributed by atoms with Gasteiger partial charge in [-0.15, -0.1) is 11.3 Å². The van der Waals surface area contributed by atoms with Crippen LogP contribution in [-0.4, -0.2) is 21.0 Å². The molecule has 0 bridgehead atoms. The number of hydrogen-bond donors (Lipinski definition) is 2. The number of nitrogens with two attached hydrogens (primary N) is 1. The SMILES string of the molecule is Cc1ccsc1CCC(C)Nc1ncnc(N)n1. The summed E-state index contributed by atoms with van der Waals surface area (Å²) in [5.41, 5.74) is 6.88. The maximum absolute atomic E-state index is 5.50. The maximum Gasteiger partial charge on any atom is 0.227 e. The van der Waals surface area contributed by atoms with Crippen molar-refractivity contribution >= 4 is 23.2 Å². The molecule has 0 radical (unpaired) electrons. The Morgan fingerprint density at radius 3 is 2.94 bits per heavy atom. The van der Waals surface area contributed by atoms with Crippen LogP contribution >= 0.6 is 11.3 Å². The van der Waals surface area contributed by atoms with Gasteiger partial charge in [-0.3, -0.25) is 0 Å². The van der Waals surface area contributed by atoms with Gasteiger partial charge in [-0.2, -0.15) is 4.98 Å². The number of anilines is 2. The first-order chi connectivity index (χ1) is 8.65. The predicted molar refractivity (Wildman–Crippen MR) is 74.7 cm³/mol. The highest BCUT2D eigenvalue weighted by molar-refractivity contribution is 7.10. The smallest absolute Gasteiger partial charge is 0.227 e. The van der Waals surface area contributed by atoms with E-state index in [1.165, 1.54) is 16.8 Å². The third-order valence-corrected chi connectivity index (χ3v) is 3.82. The average Bonchev–Trinajstić information content (AvgIpc) is 2.72. The van der Waals surface area contributed by atoms with Crippen LogP contribution in [0.2, 0.25) is 0 Å². The Bertz CT molecular complexity index is 511. The lowest BCUT2D eigenvalue weighted by atomic mass is 10.1. The lowest BCUT2D eigenvalue weighted by molar-refractivity contribution is 0.701. The topological polar surface area (TPSA) is 76.7 Å². The summed E-state index contributed by atoms with van der Waals surface area (Å²) in [7, 11) is 0. The first-order valence-electron chi connectivity index (χ1n) is 5.89. The van der Waals surface area contributed by atoms with Gasteiger partial charge >= 0.3 is 0 Å². The third-order valence-electron chi connectivity index (χ3n) is 2.74. The number of aromatic nitrogens is 3. The Balaban J connectivity index is 1.86. The molecule has 0 spiro atoms. The molecular formula is C12H17N5S. The highest BCUT2D eigenvalue weighted by Gasteiger charge is 2.07. The summed E-state index contributed by atoms with van der Waals surface area (Å²) >= 11 is 1.81.